The Morgan fingerprint density at radius 1 is 1.29 bits per heavy atom. The fourth-order valence-electron chi connectivity index (χ4n) is 0.992. The van der Waals surface area contributed by atoms with Gasteiger partial charge in [-0.2, -0.15) is 13.2 Å². The van der Waals surface area contributed by atoms with Crippen LogP contribution in [0.15, 0.2) is 12.1 Å². The molecule has 1 aromatic carbocycles. The first-order chi connectivity index (χ1) is 6.36. The van der Waals surface area contributed by atoms with Crippen molar-refractivity contribution in [3.8, 4) is 0 Å². The van der Waals surface area contributed by atoms with Crippen molar-refractivity contribution in [1.82, 2.24) is 0 Å². The van der Waals surface area contributed by atoms with Gasteiger partial charge in [0.15, 0.2) is 0 Å². The average Bonchev–Trinajstić information content (AvgIpc) is 2.07. The predicted molar refractivity (Wildman–Crippen MR) is 45.5 cm³/mol. The van der Waals surface area contributed by atoms with Gasteiger partial charge in [0.25, 0.3) is 0 Å². The number of rotatable bonds is 1. The molecule has 0 fully saturated rings. The van der Waals surface area contributed by atoms with Crippen LogP contribution in [0, 0.1) is 12.7 Å². The molecule has 0 N–H and O–H groups in total. The maximum Gasteiger partial charge on any atom is 0.416 e. The molecule has 0 nitrogen and oxygen atoms in total. The molecule has 1 radical (unpaired) electrons. The van der Waals surface area contributed by atoms with Crippen LogP contribution in [-0.4, -0.2) is 0 Å². The van der Waals surface area contributed by atoms with E-state index in [1.807, 2.05) is 0 Å². The molecule has 0 aliphatic rings. The molecule has 14 heavy (non-hydrogen) atoms. The third-order valence-electron chi connectivity index (χ3n) is 1.70. The van der Waals surface area contributed by atoms with Crippen molar-refractivity contribution in [3.05, 3.63) is 41.0 Å². The fraction of sp³-hybridized carbons (Fsp3) is 0.222. The molecule has 0 bridgehead atoms. The van der Waals surface area contributed by atoms with Crippen LogP contribution >= 0.6 is 11.6 Å². The van der Waals surface area contributed by atoms with Crippen molar-refractivity contribution in [2.45, 2.75) is 12.6 Å². The highest BCUT2D eigenvalue weighted by Crippen LogP contribution is 2.33. The maximum atomic E-state index is 13.0. The van der Waals surface area contributed by atoms with E-state index in [1.54, 1.807) is 0 Å². The lowest BCUT2D eigenvalue weighted by Crippen LogP contribution is -2.06. The maximum absolute atomic E-state index is 13.0. The topological polar surface area (TPSA) is 0 Å². The summed E-state index contributed by atoms with van der Waals surface area (Å²) >= 11 is 5.30. The Kier molecular flexibility index (Phi) is 3.04. The Bertz CT molecular complexity index is 343. The summed E-state index contributed by atoms with van der Waals surface area (Å²) in [5.41, 5.74) is -1.09. The van der Waals surface area contributed by atoms with Crippen LogP contribution in [0.3, 0.4) is 0 Å². The molecule has 1 aromatic rings. The number of halogens is 5. The second kappa shape index (κ2) is 3.77. The van der Waals surface area contributed by atoms with Gasteiger partial charge in [0.1, 0.15) is 5.82 Å². The van der Waals surface area contributed by atoms with Gasteiger partial charge in [-0.1, -0.05) is 11.6 Å². The zero-order chi connectivity index (χ0) is 10.9. The van der Waals surface area contributed by atoms with Crippen LogP contribution in [0.1, 0.15) is 11.1 Å². The molecular weight excluding hydrogens is 220 g/mol. The van der Waals surface area contributed by atoms with E-state index in [9.17, 15) is 17.6 Å². The average molecular weight is 226 g/mol. The summed E-state index contributed by atoms with van der Waals surface area (Å²) in [4.78, 5) is 0. The molecule has 0 aliphatic heterocycles. The largest absolute Gasteiger partial charge is 0.416 e. The van der Waals surface area contributed by atoms with Crippen molar-refractivity contribution < 1.29 is 17.6 Å². The van der Waals surface area contributed by atoms with Crippen LogP contribution < -0.4 is 0 Å². The van der Waals surface area contributed by atoms with E-state index in [1.165, 1.54) is 0 Å². The van der Waals surface area contributed by atoms with Crippen molar-refractivity contribution in [2.24, 2.45) is 0 Å². The van der Waals surface area contributed by atoms with Crippen molar-refractivity contribution in [3.63, 3.8) is 0 Å². The van der Waals surface area contributed by atoms with E-state index in [2.05, 4.69) is 6.92 Å². The Labute approximate surface area is 83.5 Å². The summed E-state index contributed by atoms with van der Waals surface area (Å²) in [7, 11) is 0. The molecule has 0 atom stereocenters. The summed E-state index contributed by atoms with van der Waals surface area (Å²) in [5.74, 6) is -0.838. The second-order valence-electron chi connectivity index (χ2n) is 2.68. The normalized spacial score (nSPS) is 11.9. The number of hydrogen-bond donors (Lipinski definition) is 0. The molecule has 0 unspecified atom stereocenters. The first-order valence-electron chi connectivity index (χ1n) is 3.70. The minimum absolute atomic E-state index is 0.0739. The van der Waals surface area contributed by atoms with Crippen LogP contribution in [0.4, 0.5) is 17.6 Å². The summed E-state index contributed by atoms with van der Waals surface area (Å²) in [6.45, 7) is 3.32. The Hall–Kier alpha value is -0.770. The van der Waals surface area contributed by atoms with Gasteiger partial charge in [0.05, 0.1) is 10.6 Å². The molecule has 1 rings (SSSR count). The van der Waals surface area contributed by atoms with Crippen LogP contribution in [0.2, 0.25) is 5.02 Å². The van der Waals surface area contributed by atoms with Gasteiger partial charge in [0.2, 0.25) is 0 Å². The quantitative estimate of drug-likeness (QED) is 0.637. The standard InChI is InChI=1S/C9H6ClF4/c1-2-5-3-6(9(12,13)14)4-7(10)8(5)11/h3-4H,1-2H2. The number of alkyl halides is 3. The highest BCUT2D eigenvalue weighted by Gasteiger charge is 2.31. The minimum atomic E-state index is -4.51. The van der Waals surface area contributed by atoms with Crippen molar-refractivity contribution in [1.29, 1.82) is 0 Å². The lowest BCUT2D eigenvalue weighted by atomic mass is 10.1. The first-order valence-corrected chi connectivity index (χ1v) is 4.08. The molecule has 77 valence electrons. The van der Waals surface area contributed by atoms with E-state index in [0.717, 1.165) is 0 Å². The molecule has 0 saturated heterocycles. The molecule has 5 heteroatoms. The number of hydrogen-bond acceptors (Lipinski definition) is 0. The third-order valence-corrected chi connectivity index (χ3v) is 1.98. The van der Waals surface area contributed by atoms with E-state index < -0.39 is 22.6 Å². The van der Waals surface area contributed by atoms with Gasteiger partial charge >= 0.3 is 6.18 Å². The van der Waals surface area contributed by atoms with Gasteiger partial charge in [0, 0.05) is 0 Å². The monoisotopic (exact) mass is 225 g/mol. The molecule has 0 aliphatic carbocycles. The summed E-state index contributed by atoms with van der Waals surface area (Å²) < 4.78 is 49.7. The smallest absolute Gasteiger partial charge is 0.205 e. The second-order valence-corrected chi connectivity index (χ2v) is 3.09. The van der Waals surface area contributed by atoms with Gasteiger partial charge in [-0.05, 0) is 31.0 Å². The Balaban J connectivity index is 3.30. The molecule has 0 saturated carbocycles. The molecule has 0 spiro atoms. The Morgan fingerprint density at radius 2 is 1.86 bits per heavy atom. The summed E-state index contributed by atoms with van der Waals surface area (Å²) in [6, 6.07) is 1.28. The minimum Gasteiger partial charge on any atom is -0.205 e. The van der Waals surface area contributed by atoms with E-state index in [0.29, 0.717) is 12.1 Å². The zero-order valence-corrected chi connectivity index (χ0v) is 7.71. The Morgan fingerprint density at radius 3 is 2.29 bits per heavy atom. The highest BCUT2D eigenvalue weighted by molar-refractivity contribution is 6.30. The SMILES string of the molecule is [CH2]Cc1cc(C(F)(F)F)cc(Cl)c1F. The molecule has 0 amide bonds. The molecular formula is C9H6ClF4. The molecule has 0 heterocycles. The lowest BCUT2D eigenvalue weighted by Gasteiger charge is -2.09. The van der Waals surface area contributed by atoms with Crippen LogP contribution in [-0.2, 0) is 12.6 Å². The van der Waals surface area contributed by atoms with E-state index in [4.69, 9.17) is 11.6 Å². The van der Waals surface area contributed by atoms with Crippen molar-refractivity contribution >= 4 is 11.6 Å². The first kappa shape index (κ1) is 11.3. The third kappa shape index (κ3) is 2.18. The predicted octanol–water partition coefficient (Wildman–Crippen LogP) is 3.87. The molecule has 0 aromatic heterocycles. The van der Waals surface area contributed by atoms with Gasteiger partial charge in [-0.15, -0.1) is 0 Å². The summed E-state index contributed by atoms with van der Waals surface area (Å²) in [6.07, 6.45) is -4.59. The van der Waals surface area contributed by atoms with Crippen LogP contribution in [0.25, 0.3) is 0 Å². The van der Waals surface area contributed by atoms with Crippen molar-refractivity contribution in [2.75, 3.05) is 0 Å². The van der Waals surface area contributed by atoms with E-state index >= 15 is 0 Å². The highest BCUT2D eigenvalue weighted by atomic mass is 35.5. The summed E-state index contributed by atoms with van der Waals surface area (Å²) in [5, 5.41) is -0.529. The lowest BCUT2D eigenvalue weighted by molar-refractivity contribution is -0.137. The fourth-order valence-corrected chi connectivity index (χ4v) is 1.23. The van der Waals surface area contributed by atoms with E-state index in [-0.39, 0.29) is 12.0 Å². The van der Waals surface area contributed by atoms with Gasteiger partial charge in [-0.25, -0.2) is 4.39 Å². The van der Waals surface area contributed by atoms with Gasteiger partial charge < -0.3 is 0 Å². The van der Waals surface area contributed by atoms with Crippen LogP contribution in [0.5, 0.6) is 0 Å². The zero-order valence-electron chi connectivity index (χ0n) is 6.96. The van der Waals surface area contributed by atoms with Gasteiger partial charge in [-0.3, -0.25) is 0 Å². The number of benzene rings is 1.